The summed E-state index contributed by atoms with van der Waals surface area (Å²) in [6.45, 7) is 2.01. The molecule has 0 spiro atoms. The van der Waals surface area contributed by atoms with E-state index in [1.165, 1.54) is 4.57 Å². The van der Waals surface area contributed by atoms with Crippen molar-refractivity contribution < 1.29 is 0 Å². The van der Waals surface area contributed by atoms with Crippen LogP contribution in [-0.4, -0.2) is 4.57 Å². The van der Waals surface area contributed by atoms with Crippen molar-refractivity contribution in [2.75, 3.05) is 0 Å². The Morgan fingerprint density at radius 2 is 1.88 bits per heavy atom. The van der Waals surface area contributed by atoms with E-state index in [1.54, 1.807) is 13.1 Å². The topological polar surface area (TPSA) is 22.0 Å². The average molecular weight is 234 g/mol. The Morgan fingerprint density at radius 3 is 2.50 bits per heavy atom. The summed E-state index contributed by atoms with van der Waals surface area (Å²) >= 11 is 5.98. The lowest BCUT2D eigenvalue weighted by Crippen LogP contribution is -2.15. The monoisotopic (exact) mass is 233 g/mol. The van der Waals surface area contributed by atoms with Crippen LogP contribution in [-0.2, 0) is 7.05 Å². The highest BCUT2D eigenvalue weighted by Crippen LogP contribution is 2.23. The Morgan fingerprint density at radius 1 is 1.19 bits per heavy atom. The van der Waals surface area contributed by atoms with E-state index >= 15 is 0 Å². The van der Waals surface area contributed by atoms with Gasteiger partial charge in [0.25, 0.3) is 5.56 Å². The normalized spacial score (nSPS) is 10.4. The molecule has 2 aromatic rings. The molecular weight excluding hydrogens is 222 g/mol. The summed E-state index contributed by atoms with van der Waals surface area (Å²) in [6, 6.07) is 11.3. The highest BCUT2D eigenvalue weighted by molar-refractivity contribution is 6.29. The third kappa shape index (κ3) is 1.89. The molecule has 0 saturated heterocycles. The van der Waals surface area contributed by atoms with Gasteiger partial charge in [-0.25, -0.2) is 0 Å². The maximum absolute atomic E-state index is 11.6. The maximum Gasteiger partial charge on any atom is 0.252 e. The Hall–Kier alpha value is -1.54. The summed E-state index contributed by atoms with van der Waals surface area (Å²) < 4.78 is 1.42. The zero-order chi connectivity index (χ0) is 11.7. The molecule has 1 heterocycles. The molecule has 0 aliphatic rings. The average Bonchev–Trinajstić information content (AvgIpc) is 2.26. The highest BCUT2D eigenvalue weighted by Gasteiger charge is 2.05. The molecule has 0 amide bonds. The largest absolute Gasteiger partial charge is 0.302 e. The molecule has 1 aromatic heterocycles. The Kier molecular flexibility index (Phi) is 2.84. The summed E-state index contributed by atoms with van der Waals surface area (Å²) in [5.41, 5.74) is 2.95. The zero-order valence-electron chi connectivity index (χ0n) is 9.20. The van der Waals surface area contributed by atoms with Crippen LogP contribution in [0.5, 0.6) is 0 Å². The predicted octanol–water partition coefficient (Wildman–Crippen LogP) is 3.01. The molecule has 2 rings (SSSR count). The van der Waals surface area contributed by atoms with E-state index in [4.69, 9.17) is 11.6 Å². The number of rotatable bonds is 1. The van der Waals surface area contributed by atoms with Crippen LogP contribution in [0.2, 0.25) is 5.15 Å². The predicted molar refractivity (Wildman–Crippen MR) is 66.9 cm³/mol. The zero-order valence-corrected chi connectivity index (χ0v) is 9.95. The van der Waals surface area contributed by atoms with Gasteiger partial charge in [-0.15, -0.1) is 0 Å². The minimum Gasteiger partial charge on any atom is -0.302 e. The smallest absolute Gasteiger partial charge is 0.252 e. The molecule has 0 N–H and O–H groups in total. The summed E-state index contributed by atoms with van der Waals surface area (Å²) in [6.07, 6.45) is 0. The third-order valence-corrected chi connectivity index (χ3v) is 3.02. The van der Waals surface area contributed by atoms with Gasteiger partial charge in [-0.3, -0.25) is 4.79 Å². The lowest BCUT2D eigenvalue weighted by atomic mass is 10.0. The quantitative estimate of drug-likeness (QED) is 0.694. The van der Waals surface area contributed by atoms with Crippen LogP contribution in [0.3, 0.4) is 0 Å². The highest BCUT2D eigenvalue weighted by atomic mass is 35.5. The van der Waals surface area contributed by atoms with E-state index in [1.807, 2.05) is 37.3 Å². The Balaban J connectivity index is 2.67. The molecule has 82 valence electrons. The molecule has 0 saturated carbocycles. The number of pyridine rings is 1. The van der Waals surface area contributed by atoms with Crippen LogP contribution in [0, 0.1) is 6.92 Å². The van der Waals surface area contributed by atoms with E-state index in [9.17, 15) is 4.79 Å². The second-order valence-corrected chi connectivity index (χ2v) is 4.17. The number of nitrogens with zero attached hydrogens (tertiary/aromatic N) is 1. The van der Waals surface area contributed by atoms with Crippen molar-refractivity contribution in [2.45, 2.75) is 6.92 Å². The molecule has 0 aliphatic heterocycles. The second kappa shape index (κ2) is 4.14. The van der Waals surface area contributed by atoms with Crippen LogP contribution in [0.4, 0.5) is 0 Å². The minimum absolute atomic E-state index is 0.0919. The summed E-state index contributed by atoms with van der Waals surface area (Å²) in [4.78, 5) is 11.6. The van der Waals surface area contributed by atoms with Crippen LogP contribution in [0.15, 0.2) is 41.2 Å². The van der Waals surface area contributed by atoms with E-state index in [0.29, 0.717) is 5.15 Å². The van der Waals surface area contributed by atoms with Gasteiger partial charge in [-0.1, -0.05) is 35.9 Å². The lowest BCUT2D eigenvalue weighted by Gasteiger charge is -2.07. The van der Waals surface area contributed by atoms with Crippen molar-refractivity contribution in [3.05, 3.63) is 57.5 Å². The molecule has 0 bridgehead atoms. The van der Waals surface area contributed by atoms with Crippen LogP contribution < -0.4 is 5.56 Å². The molecule has 16 heavy (non-hydrogen) atoms. The number of hydrogen-bond acceptors (Lipinski definition) is 1. The van der Waals surface area contributed by atoms with Crippen molar-refractivity contribution in [1.82, 2.24) is 4.57 Å². The van der Waals surface area contributed by atoms with E-state index in [-0.39, 0.29) is 5.56 Å². The van der Waals surface area contributed by atoms with Gasteiger partial charge in [0.15, 0.2) is 0 Å². The fourth-order valence-electron chi connectivity index (χ4n) is 1.65. The molecular formula is C13H12ClNO. The van der Waals surface area contributed by atoms with Gasteiger partial charge in [0.1, 0.15) is 5.15 Å². The molecule has 1 aromatic carbocycles. The number of halogens is 1. The SMILES string of the molecule is Cc1ccccc1-c1cc(Cl)n(C)c(=O)c1. The first-order valence-corrected chi connectivity index (χ1v) is 5.40. The van der Waals surface area contributed by atoms with Gasteiger partial charge in [0.2, 0.25) is 0 Å². The Labute approximate surface area is 99.1 Å². The van der Waals surface area contributed by atoms with E-state index < -0.39 is 0 Å². The number of benzene rings is 1. The first-order valence-electron chi connectivity index (χ1n) is 5.02. The maximum atomic E-state index is 11.6. The van der Waals surface area contributed by atoms with Crippen LogP contribution in [0.1, 0.15) is 5.56 Å². The van der Waals surface area contributed by atoms with Crippen LogP contribution in [0.25, 0.3) is 11.1 Å². The second-order valence-electron chi connectivity index (χ2n) is 3.78. The fourth-order valence-corrected chi connectivity index (χ4v) is 1.86. The van der Waals surface area contributed by atoms with E-state index in [0.717, 1.165) is 16.7 Å². The van der Waals surface area contributed by atoms with Gasteiger partial charge in [-0.2, -0.15) is 0 Å². The fraction of sp³-hybridized carbons (Fsp3) is 0.154. The molecule has 0 radical (unpaired) electrons. The molecule has 2 nitrogen and oxygen atoms in total. The van der Waals surface area contributed by atoms with Crippen molar-refractivity contribution in [1.29, 1.82) is 0 Å². The van der Waals surface area contributed by atoms with Gasteiger partial charge >= 0.3 is 0 Å². The number of aryl methyl sites for hydroxylation is 1. The molecule has 3 heteroatoms. The first-order chi connectivity index (χ1) is 7.59. The molecule has 0 aliphatic carbocycles. The van der Waals surface area contributed by atoms with Crippen LogP contribution >= 0.6 is 11.6 Å². The van der Waals surface area contributed by atoms with Gasteiger partial charge in [0.05, 0.1) is 0 Å². The summed E-state index contributed by atoms with van der Waals surface area (Å²) in [5.74, 6) is 0. The summed E-state index contributed by atoms with van der Waals surface area (Å²) in [5, 5.41) is 0.450. The molecule has 0 atom stereocenters. The first kappa shape index (κ1) is 11.0. The van der Waals surface area contributed by atoms with Crippen molar-refractivity contribution >= 4 is 11.6 Å². The number of aromatic nitrogens is 1. The van der Waals surface area contributed by atoms with Gasteiger partial charge in [-0.05, 0) is 29.7 Å². The minimum atomic E-state index is -0.0919. The standard InChI is InChI=1S/C13H12ClNO/c1-9-5-3-4-6-11(9)10-7-12(14)15(2)13(16)8-10/h3-8H,1-2H3. The summed E-state index contributed by atoms with van der Waals surface area (Å²) in [7, 11) is 1.66. The van der Waals surface area contributed by atoms with Gasteiger partial charge in [0, 0.05) is 13.1 Å². The van der Waals surface area contributed by atoms with Crippen molar-refractivity contribution in [2.24, 2.45) is 7.05 Å². The third-order valence-electron chi connectivity index (χ3n) is 2.66. The molecule has 0 unspecified atom stereocenters. The van der Waals surface area contributed by atoms with E-state index in [2.05, 4.69) is 0 Å². The van der Waals surface area contributed by atoms with Gasteiger partial charge < -0.3 is 4.57 Å². The van der Waals surface area contributed by atoms with Crippen molar-refractivity contribution in [3.63, 3.8) is 0 Å². The number of hydrogen-bond donors (Lipinski definition) is 0. The van der Waals surface area contributed by atoms with Crippen molar-refractivity contribution in [3.8, 4) is 11.1 Å². The molecule has 0 fully saturated rings. The lowest BCUT2D eigenvalue weighted by molar-refractivity contribution is 0.862. The Bertz CT molecular complexity index is 587.